The van der Waals surface area contributed by atoms with Gasteiger partial charge in [0.05, 0.1) is 5.70 Å². The number of nitrogens with zero attached hydrogens (tertiary/aromatic N) is 1. The van der Waals surface area contributed by atoms with Crippen LogP contribution in [0.15, 0.2) is 28.5 Å². The summed E-state index contributed by atoms with van der Waals surface area (Å²) in [6, 6.07) is 0. The molecule has 0 aliphatic heterocycles. The quantitative estimate of drug-likeness (QED) is 0.523. The summed E-state index contributed by atoms with van der Waals surface area (Å²) in [6.45, 7) is 5.69. The Morgan fingerprint density at radius 2 is 2.62 bits per heavy atom. The molecule has 0 aromatic rings. The third-order valence-corrected chi connectivity index (χ3v) is 2.64. The van der Waals surface area contributed by atoms with Gasteiger partial charge in [0, 0.05) is 6.20 Å². The number of hydrogen-bond donors (Lipinski definition) is 1. The molecule has 0 fully saturated rings. The molecule has 0 aromatic carbocycles. The SMILES string of the molecule is C=N/C(=C\N)CC1CC=C(C)CC1. The topological polar surface area (TPSA) is 38.4 Å². The lowest BCUT2D eigenvalue weighted by molar-refractivity contribution is 0.464. The molecule has 1 aliphatic rings. The predicted molar refractivity (Wildman–Crippen MR) is 57.5 cm³/mol. The second-order valence-corrected chi connectivity index (χ2v) is 3.71. The van der Waals surface area contributed by atoms with Crippen molar-refractivity contribution in [1.82, 2.24) is 0 Å². The maximum absolute atomic E-state index is 5.42. The lowest BCUT2D eigenvalue weighted by Gasteiger charge is -2.19. The second kappa shape index (κ2) is 4.85. The van der Waals surface area contributed by atoms with Crippen LogP contribution in [0, 0.1) is 5.92 Å². The van der Waals surface area contributed by atoms with E-state index in [-0.39, 0.29) is 0 Å². The number of hydrogen-bond acceptors (Lipinski definition) is 2. The van der Waals surface area contributed by atoms with Crippen LogP contribution in [0.4, 0.5) is 0 Å². The Bertz CT molecular complexity index is 238. The molecule has 13 heavy (non-hydrogen) atoms. The average molecular weight is 178 g/mol. The first-order valence-electron chi connectivity index (χ1n) is 4.79. The number of allylic oxidation sites excluding steroid dienone is 3. The van der Waals surface area contributed by atoms with Crippen LogP contribution < -0.4 is 5.73 Å². The van der Waals surface area contributed by atoms with Gasteiger partial charge >= 0.3 is 0 Å². The van der Waals surface area contributed by atoms with E-state index < -0.39 is 0 Å². The fraction of sp³-hybridized carbons (Fsp3) is 0.545. The lowest BCUT2D eigenvalue weighted by Crippen LogP contribution is -2.06. The molecule has 72 valence electrons. The smallest absolute Gasteiger partial charge is 0.0553 e. The van der Waals surface area contributed by atoms with E-state index in [4.69, 9.17) is 5.73 Å². The molecule has 2 N–H and O–H groups in total. The average Bonchev–Trinajstić information content (AvgIpc) is 2.17. The molecule has 1 rings (SSSR count). The molecule has 0 radical (unpaired) electrons. The molecular formula is C11H18N2. The highest BCUT2D eigenvalue weighted by Gasteiger charge is 2.13. The highest BCUT2D eigenvalue weighted by atomic mass is 14.7. The lowest BCUT2D eigenvalue weighted by atomic mass is 9.87. The summed E-state index contributed by atoms with van der Waals surface area (Å²) in [6.07, 6.45) is 8.51. The normalized spacial score (nSPS) is 23.9. The molecule has 1 aliphatic carbocycles. The minimum atomic E-state index is 0.712. The summed E-state index contributed by atoms with van der Waals surface area (Å²) >= 11 is 0. The molecular weight excluding hydrogens is 160 g/mol. The molecule has 2 heteroatoms. The Hall–Kier alpha value is -1.05. The van der Waals surface area contributed by atoms with Gasteiger partial charge in [0.1, 0.15) is 0 Å². The number of rotatable bonds is 3. The van der Waals surface area contributed by atoms with Crippen LogP contribution >= 0.6 is 0 Å². The fourth-order valence-electron chi connectivity index (χ4n) is 1.69. The van der Waals surface area contributed by atoms with Gasteiger partial charge in [-0.05, 0) is 45.2 Å². The molecule has 0 spiro atoms. The summed E-state index contributed by atoms with van der Waals surface area (Å²) in [5, 5.41) is 0. The van der Waals surface area contributed by atoms with Gasteiger partial charge in [-0.15, -0.1) is 0 Å². The van der Waals surface area contributed by atoms with Gasteiger partial charge in [-0.2, -0.15) is 0 Å². The monoisotopic (exact) mass is 178 g/mol. The summed E-state index contributed by atoms with van der Waals surface area (Å²) in [5.41, 5.74) is 7.86. The van der Waals surface area contributed by atoms with Crippen LogP contribution in [-0.4, -0.2) is 6.72 Å². The van der Waals surface area contributed by atoms with Crippen molar-refractivity contribution in [1.29, 1.82) is 0 Å². The number of nitrogens with two attached hydrogens (primary N) is 1. The van der Waals surface area contributed by atoms with Gasteiger partial charge in [0.2, 0.25) is 0 Å². The van der Waals surface area contributed by atoms with E-state index in [0.29, 0.717) is 5.92 Å². The van der Waals surface area contributed by atoms with Crippen LogP contribution in [0.25, 0.3) is 0 Å². The molecule has 2 nitrogen and oxygen atoms in total. The second-order valence-electron chi connectivity index (χ2n) is 3.71. The summed E-state index contributed by atoms with van der Waals surface area (Å²) in [7, 11) is 0. The van der Waals surface area contributed by atoms with E-state index in [9.17, 15) is 0 Å². The molecule has 1 atom stereocenters. The molecule has 0 saturated carbocycles. The summed E-state index contributed by atoms with van der Waals surface area (Å²) in [4.78, 5) is 3.89. The first kappa shape index (κ1) is 10.0. The van der Waals surface area contributed by atoms with E-state index in [1.54, 1.807) is 6.20 Å². The zero-order chi connectivity index (χ0) is 9.68. The Morgan fingerprint density at radius 3 is 3.08 bits per heavy atom. The summed E-state index contributed by atoms with van der Waals surface area (Å²) in [5.74, 6) is 0.712. The van der Waals surface area contributed by atoms with Gasteiger partial charge in [0.25, 0.3) is 0 Å². The third kappa shape index (κ3) is 3.05. The molecule has 0 amide bonds. The van der Waals surface area contributed by atoms with Crippen molar-refractivity contribution < 1.29 is 0 Å². The molecule has 1 unspecified atom stereocenters. The predicted octanol–water partition coefficient (Wildman–Crippen LogP) is 2.62. The molecule has 0 heterocycles. The van der Waals surface area contributed by atoms with E-state index in [1.165, 1.54) is 24.8 Å². The van der Waals surface area contributed by atoms with Crippen molar-refractivity contribution in [2.75, 3.05) is 0 Å². The highest BCUT2D eigenvalue weighted by Crippen LogP contribution is 2.28. The standard InChI is InChI=1S/C11H18N2/c1-9-3-5-10(6-4-9)7-11(8-12)13-2/h3,8,10H,2,4-7,12H2,1H3/b11-8-. The van der Waals surface area contributed by atoms with Crippen LogP contribution in [0.5, 0.6) is 0 Å². The van der Waals surface area contributed by atoms with Crippen molar-refractivity contribution in [3.05, 3.63) is 23.5 Å². The fourth-order valence-corrected chi connectivity index (χ4v) is 1.69. The van der Waals surface area contributed by atoms with Crippen LogP contribution in [0.2, 0.25) is 0 Å². The van der Waals surface area contributed by atoms with Crippen molar-refractivity contribution in [3.63, 3.8) is 0 Å². The van der Waals surface area contributed by atoms with Crippen LogP contribution in [0.3, 0.4) is 0 Å². The zero-order valence-corrected chi connectivity index (χ0v) is 8.29. The zero-order valence-electron chi connectivity index (χ0n) is 8.29. The van der Waals surface area contributed by atoms with E-state index >= 15 is 0 Å². The van der Waals surface area contributed by atoms with Crippen molar-refractivity contribution >= 4 is 6.72 Å². The minimum Gasteiger partial charge on any atom is -0.403 e. The van der Waals surface area contributed by atoms with Gasteiger partial charge < -0.3 is 5.73 Å². The molecule has 0 saturated heterocycles. The van der Waals surface area contributed by atoms with Gasteiger partial charge in [0.15, 0.2) is 0 Å². The molecule has 0 aromatic heterocycles. The minimum absolute atomic E-state index is 0.712. The Kier molecular flexibility index (Phi) is 3.74. The number of aliphatic imine (C=N–C) groups is 1. The van der Waals surface area contributed by atoms with Crippen molar-refractivity contribution in [3.8, 4) is 0 Å². The maximum atomic E-state index is 5.42. The van der Waals surface area contributed by atoms with Gasteiger partial charge in [-0.1, -0.05) is 11.6 Å². The van der Waals surface area contributed by atoms with Crippen LogP contribution in [0.1, 0.15) is 32.6 Å². The van der Waals surface area contributed by atoms with Crippen LogP contribution in [-0.2, 0) is 0 Å². The Balaban J connectivity index is 2.43. The first-order chi connectivity index (χ1) is 6.26. The van der Waals surface area contributed by atoms with Crippen molar-refractivity contribution in [2.45, 2.75) is 32.6 Å². The molecule has 0 bridgehead atoms. The third-order valence-electron chi connectivity index (χ3n) is 2.64. The van der Waals surface area contributed by atoms with E-state index in [0.717, 1.165) is 12.1 Å². The van der Waals surface area contributed by atoms with Gasteiger partial charge in [-0.3, -0.25) is 4.99 Å². The maximum Gasteiger partial charge on any atom is 0.0553 e. The van der Waals surface area contributed by atoms with E-state index in [2.05, 4.69) is 24.7 Å². The Morgan fingerprint density at radius 1 is 1.85 bits per heavy atom. The Labute approximate surface area is 80.2 Å². The highest BCUT2D eigenvalue weighted by molar-refractivity contribution is 5.28. The first-order valence-corrected chi connectivity index (χ1v) is 4.79. The largest absolute Gasteiger partial charge is 0.403 e. The summed E-state index contributed by atoms with van der Waals surface area (Å²) < 4.78 is 0. The van der Waals surface area contributed by atoms with Gasteiger partial charge in [-0.25, -0.2) is 0 Å². The van der Waals surface area contributed by atoms with Crippen molar-refractivity contribution in [2.24, 2.45) is 16.6 Å². The van der Waals surface area contributed by atoms with E-state index in [1.807, 2.05) is 0 Å².